The molecule has 0 fully saturated rings. The Balaban J connectivity index is 2.60. The van der Waals surface area contributed by atoms with Gasteiger partial charge in [0.2, 0.25) is 0 Å². The maximum absolute atomic E-state index is 6.15. The fraction of sp³-hybridized carbons (Fsp3) is 0.636. The standard InChI is InChI=1S/C11H18ClNS/c1-7(2)4-5-9(13)11-10(12)8(3)6-14-11/h6-7,9H,4-5,13H2,1-3H3. The van der Waals surface area contributed by atoms with E-state index in [0.29, 0.717) is 5.92 Å². The minimum absolute atomic E-state index is 0.114. The van der Waals surface area contributed by atoms with Gasteiger partial charge in [0, 0.05) is 10.9 Å². The lowest BCUT2D eigenvalue weighted by Crippen LogP contribution is -2.10. The number of aryl methyl sites for hydroxylation is 1. The van der Waals surface area contributed by atoms with E-state index in [1.807, 2.05) is 6.92 Å². The lowest BCUT2D eigenvalue weighted by atomic mass is 10.0. The van der Waals surface area contributed by atoms with E-state index in [4.69, 9.17) is 17.3 Å². The van der Waals surface area contributed by atoms with Crippen LogP contribution in [0, 0.1) is 12.8 Å². The summed E-state index contributed by atoms with van der Waals surface area (Å²) in [6, 6.07) is 0.114. The van der Waals surface area contributed by atoms with Gasteiger partial charge in [-0.15, -0.1) is 11.3 Å². The summed E-state index contributed by atoms with van der Waals surface area (Å²) in [5.74, 6) is 0.709. The van der Waals surface area contributed by atoms with Gasteiger partial charge in [0.05, 0.1) is 5.02 Å². The highest BCUT2D eigenvalue weighted by Gasteiger charge is 2.14. The second-order valence-electron chi connectivity index (χ2n) is 4.17. The molecule has 1 nitrogen and oxygen atoms in total. The second kappa shape index (κ2) is 5.15. The largest absolute Gasteiger partial charge is 0.323 e. The number of hydrogen-bond donors (Lipinski definition) is 1. The van der Waals surface area contributed by atoms with Crippen LogP contribution in [0.4, 0.5) is 0 Å². The molecule has 1 unspecified atom stereocenters. The molecule has 1 aromatic heterocycles. The molecule has 0 aliphatic carbocycles. The van der Waals surface area contributed by atoms with Crippen LogP contribution >= 0.6 is 22.9 Å². The predicted molar refractivity (Wildman–Crippen MR) is 65.1 cm³/mol. The van der Waals surface area contributed by atoms with Crippen LogP contribution in [0.15, 0.2) is 5.38 Å². The van der Waals surface area contributed by atoms with Gasteiger partial charge in [-0.2, -0.15) is 0 Å². The molecule has 0 saturated carbocycles. The fourth-order valence-corrected chi connectivity index (χ4v) is 2.72. The first kappa shape index (κ1) is 12.0. The molecule has 0 radical (unpaired) electrons. The fourth-order valence-electron chi connectivity index (χ4n) is 1.34. The van der Waals surface area contributed by atoms with Crippen LogP contribution in [0.5, 0.6) is 0 Å². The zero-order valence-electron chi connectivity index (χ0n) is 9.01. The van der Waals surface area contributed by atoms with E-state index in [-0.39, 0.29) is 6.04 Å². The first-order valence-electron chi connectivity index (χ1n) is 5.01. The summed E-state index contributed by atoms with van der Waals surface area (Å²) in [5.41, 5.74) is 7.23. The van der Waals surface area contributed by atoms with Crippen molar-refractivity contribution in [1.29, 1.82) is 0 Å². The number of hydrogen-bond acceptors (Lipinski definition) is 2. The molecule has 1 rings (SSSR count). The van der Waals surface area contributed by atoms with Gasteiger partial charge in [-0.1, -0.05) is 25.4 Å². The van der Waals surface area contributed by atoms with Crippen molar-refractivity contribution in [3.8, 4) is 0 Å². The Morgan fingerprint density at radius 2 is 2.07 bits per heavy atom. The third kappa shape index (κ3) is 2.97. The molecular formula is C11H18ClNS. The molecule has 1 atom stereocenters. The highest BCUT2D eigenvalue weighted by Crippen LogP contribution is 2.33. The second-order valence-corrected chi connectivity index (χ2v) is 5.46. The molecule has 14 heavy (non-hydrogen) atoms. The van der Waals surface area contributed by atoms with E-state index in [0.717, 1.165) is 28.3 Å². The van der Waals surface area contributed by atoms with E-state index in [1.165, 1.54) is 0 Å². The lowest BCUT2D eigenvalue weighted by molar-refractivity contribution is 0.510. The predicted octanol–water partition coefficient (Wildman–Crippen LogP) is 4.15. The van der Waals surface area contributed by atoms with Gasteiger partial charge in [-0.25, -0.2) is 0 Å². The Morgan fingerprint density at radius 1 is 1.43 bits per heavy atom. The van der Waals surface area contributed by atoms with Crippen LogP contribution in [-0.2, 0) is 0 Å². The number of thiophene rings is 1. The van der Waals surface area contributed by atoms with Gasteiger partial charge in [0.1, 0.15) is 0 Å². The van der Waals surface area contributed by atoms with Gasteiger partial charge in [-0.05, 0) is 36.6 Å². The number of nitrogens with two attached hydrogens (primary N) is 1. The first-order chi connectivity index (χ1) is 6.52. The Kier molecular flexibility index (Phi) is 4.42. The van der Waals surface area contributed by atoms with Crippen molar-refractivity contribution in [1.82, 2.24) is 0 Å². The molecule has 0 aromatic carbocycles. The van der Waals surface area contributed by atoms with Crippen LogP contribution in [0.3, 0.4) is 0 Å². The van der Waals surface area contributed by atoms with Crippen molar-refractivity contribution in [3.05, 3.63) is 20.8 Å². The minimum atomic E-state index is 0.114. The van der Waals surface area contributed by atoms with E-state index < -0.39 is 0 Å². The summed E-state index contributed by atoms with van der Waals surface area (Å²) in [7, 11) is 0. The molecule has 0 bridgehead atoms. The molecule has 0 spiro atoms. The van der Waals surface area contributed by atoms with Crippen molar-refractivity contribution in [2.24, 2.45) is 11.7 Å². The van der Waals surface area contributed by atoms with E-state index >= 15 is 0 Å². The Labute approximate surface area is 95.3 Å². The Bertz CT molecular complexity index is 293. The normalized spacial score (nSPS) is 13.6. The molecule has 3 heteroatoms. The monoisotopic (exact) mass is 231 g/mol. The molecule has 80 valence electrons. The third-order valence-electron chi connectivity index (χ3n) is 2.32. The highest BCUT2D eigenvalue weighted by atomic mass is 35.5. The zero-order valence-corrected chi connectivity index (χ0v) is 10.6. The minimum Gasteiger partial charge on any atom is -0.323 e. The topological polar surface area (TPSA) is 26.0 Å². The maximum Gasteiger partial charge on any atom is 0.0590 e. The summed E-state index contributed by atoms with van der Waals surface area (Å²) in [6.07, 6.45) is 2.19. The van der Waals surface area contributed by atoms with Crippen LogP contribution in [0.2, 0.25) is 5.02 Å². The molecule has 1 aromatic rings. The summed E-state index contributed by atoms with van der Waals surface area (Å²) in [4.78, 5) is 1.14. The molecule has 2 N–H and O–H groups in total. The lowest BCUT2D eigenvalue weighted by Gasteiger charge is -2.11. The van der Waals surface area contributed by atoms with Crippen molar-refractivity contribution in [2.75, 3.05) is 0 Å². The van der Waals surface area contributed by atoms with Crippen molar-refractivity contribution < 1.29 is 0 Å². The van der Waals surface area contributed by atoms with E-state index in [2.05, 4.69) is 19.2 Å². The summed E-state index contributed by atoms with van der Waals surface area (Å²) in [5, 5.41) is 2.94. The first-order valence-corrected chi connectivity index (χ1v) is 6.27. The van der Waals surface area contributed by atoms with Gasteiger partial charge in [0.25, 0.3) is 0 Å². The number of halogens is 1. The zero-order chi connectivity index (χ0) is 10.7. The van der Waals surface area contributed by atoms with Crippen molar-refractivity contribution in [2.45, 2.75) is 39.7 Å². The van der Waals surface area contributed by atoms with Crippen molar-refractivity contribution in [3.63, 3.8) is 0 Å². The average molecular weight is 232 g/mol. The SMILES string of the molecule is Cc1csc(C(N)CCC(C)C)c1Cl. The van der Waals surface area contributed by atoms with E-state index in [9.17, 15) is 0 Å². The molecule has 0 saturated heterocycles. The van der Waals surface area contributed by atoms with Crippen LogP contribution in [0.25, 0.3) is 0 Å². The van der Waals surface area contributed by atoms with Crippen molar-refractivity contribution >= 4 is 22.9 Å². The van der Waals surface area contributed by atoms with Gasteiger partial charge < -0.3 is 5.73 Å². The van der Waals surface area contributed by atoms with E-state index in [1.54, 1.807) is 11.3 Å². The highest BCUT2D eigenvalue weighted by molar-refractivity contribution is 7.10. The molecule has 1 heterocycles. The van der Waals surface area contributed by atoms with Crippen LogP contribution in [0.1, 0.15) is 43.2 Å². The maximum atomic E-state index is 6.15. The van der Waals surface area contributed by atoms with Crippen LogP contribution in [-0.4, -0.2) is 0 Å². The average Bonchev–Trinajstić information content (AvgIpc) is 2.44. The molecular weight excluding hydrogens is 214 g/mol. The quantitative estimate of drug-likeness (QED) is 0.828. The summed E-state index contributed by atoms with van der Waals surface area (Å²) in [6.45, 7) is 6.46. The third-order valence-corrected chi connectivity index (χ3v) is 4.16. The smallest absolute Gasteiger partial charge is 0.0590 e. The van der Waals surface area contributed by atoms with Gasteiger partial charge in [-0.3, -0.25) is 0 Å². The Morgan fingerprint density at radius 3 is 2.50 bits per heavy atom. The number of rotatable bonds is 4. The Hall–Kier alpha value is -0.0500. The molecule has 0 aliphatic heterocycles. The summed E-state index contributed by atoms with van der Waals surface area (Å²) >= 11 is 7.83. The van der Waals surface area contributed by atoms with Gasteiger partial charge in [0.15, 0.2) is 0 Å². The summed E-state index contributed by atoms with van der Waals surface area (Å²) < 4.78 is 0. The van der Waals surface area contributed by atoms with Gasteiger partial charge >= 0.3 is 0 Å². The molecule has 0 amide bonds. The molecule has 0 aliphatic rings. The van der Waals surface area contributed by atoms with Crippen LogP contribution < -0.4 is 5.73 Å².